The van der Waals surface area contributed by atoms with Crippen LogP contribution in [0.3, 0.4) is 0 Å². The van der Waals surface area contributed by atoms with Crippen molar-refractivity contribution in [3.63, 3.8) is 0 Å². The molecule has 0 amide bonds. The lowest BCUT2D eigenvalue weighted by Crippen LogP contribution is -2.22. The van der Waals surface area contributed by atoms with Gasteiger partial charge in [0.05, 0.1) is 6.54 Å². The van der Waals surface area contributed by atoms with Gasteiger partial charge in [-0.05, 0) is 6.42 Å². The van der Waals surface area contributed by atoms with Gasteiger partial charge < -0.3 is 4.90 Å². The van der Waals surface area contributed by atoms with Gasteiger partial charge in [-0.3, -0.25) is 0 Å². The van der Waals surface area contributed by atoms with Gasteiger partial charge in [-0.2, -0.15) is 0 Å². The van der Waals surface area contributed by atoms with E-state index in [0.717, 1.165) is 6.54 Å². The number of thiocarbonyl (C=S) groups is 1. The van der Waals surface area contributed by atoms with Gasteiger partial charge in [0, 0.05) is 6.54 Å². The topological polar surface area (TPSA) is 3.24 Å². The summed E-state index contributed by atoms with van der Waals surface area (Å²) in [6.45, 7) is 1.16. The smallest absolute Gasteiger partial charge is 0.133 e. The fourth-order valence-corrected chi connectivity index (χ4v) is 1.24. The van der Waals surface area contributed by atoms with Crippen molar-refractivity contribution in [1.29, 1.82) is 0 Å². The Hall–Kier alpha value is 0.170. The van der Waals surface area contributed by atoms with Gasteiger partial charge in [0.1, 0.15) is 10.5 Å². The summed E-state index contributed by atoms with van der Waals surface area (Å²) in [6.07, 6.45) is -0.101. The van der Waals surface area contributed by atoms with Crippen LogP contribution in [0.25, 0.3) is 0 Å². The number of alkyl halides is 1. The largest absolute Gasteiger partial charge is 0.355 e. The highest BCUT2D eigenvalue weighted by Crippen LogP contribution is 2.13. The van der Waals surface area contributed by atoms with E-state index in [9.17, 15) is 4.39 Å². The molecular weight excluding hydrogens is 157 g/mol. The highest BCUT2D eigenvalue weighted by atomic mass is 32.1. The van der Waals surface area contributed by atoms with Gasteiger partial charge in [-0.15, -0.1) is 12.6 Å². The lowest BCUT2D eigenvalue weighted by molar-refractivity contribution is 0.344. The Balaban J connectivity index is 2.39. The summed E-state index contributed by atoms with van der Waals surface area (Å²) in [6, 6.07) is 0. The second kappa shape index (κ2) is 2.84. The molecule has 1 aliphatic rings. The Bertz CT molecular complexity index is 128. The van der Waals surface area contributed by atoms with Crippen molar-refractivity contribution in [3.8, 4) is 0 Å². The molecule has 0 aromatic heterocycles. The van der Waals surface area contributed by atoms with Gasteiger partial charge in [0.15, 0.2) is 0 Å². The Morgan fingerprint density at radius 1 is 1.78 bits per heavy atom. The zero-order valence-corrected chi connectivity index (χ0v) is 6.59. The maximum atomic E-state index is 12.4. The van der Waals surface area contributed by atoms with Crippen molar-refractivity contribution in [2.24, 2.45) is 0 Å². The molecule has 0 unspecified atom stereocenters. The van der Waals surface area contributed by atoms with Crippen LogP contribution >= 0.6 is 24.8 Å². The van der Waals surface area contributed by atoms with Crippen molar-refractivity contribution >= 4 is 29.2 Å². The minimum Gasteiger partial charge on any atom is -0.355 e. The monoisotopic (exact) mass is 165 g/mol. The molecule has 1 aliphatic heterocycles. The second-order valence-corrected chi connectivity index (χ2v) is 3.23. The van der Waals surface area contributed by atoms with E-state index in [1.54, 1.807) is 4.90 Å². The van der Waals surface area contributed by atoms with Crippen molar-refractivity contribution < 1.29 is 4.39 Å². The molecule has 9 heavy (non-hydrogen) atoms. The number of halogens is 1. The summed E-state index contributed by atoms with van der Waals surface area (Å²) >= 11 is 8.66. The summed E-state index contributed by atoms with van der Waals surface area (Å²) < 4.78 is 12.9. The van der Waals surface area contributed by atoms with Crippen LogP contribution in [0.1, 0.15) is 6.42 Å². The molecule has 1 fully saturated rings. The van der Waals surface area contributed by atoms with Crippen molar-refractivity contribution in [1.82, 2.24) is 4.90 Å². The molecule has 0 aromatic rings. The number of rotatable bonds is 0. The van der Waals surface area contributed by atoms with Gasteiger partial charge in [0.2, 0.25) is 0 Å². The summed E-state index contributed by atoms with van der Waals surface area (Å²) in [4.78, 5) is 1.77. The molecule has 1 atom stereocenters. The van der Waals surface area contributed by atoms with Crippen molar-refractivity contribution in [2.45, 2.75) is 12.6 Å². The van der Waals surface area contributed by atoms with Crippen LogP contribution < -0.4 is 0 Å². The van der Waals surface area contributed by atoms with E-state index in [4.69, 9.17) is 12.2 Å². The number of nitrogens with zero attached hydrogens (tertiary/aromatic N) is 1. The molecule has 0 aliphatic carbocycles. The van der Waals surface area contributed by atoms with Crippen molar-refractivity contribution in [3.05, 3.63) is 0 Å². The Morgan fingerprint density at radius 2 is 2.44 bits per heavy atom. The first-order valence-electron chi connectivity index (χ1n) is 2.82. The zero-order chi connectivity index (χ0) is 6.85. The maximum Gasteiger partial charge on any atom is 0.133 e. The summed E-state index contributed by atoms with van der Waals surface area (Å²) in [5.41, 5.74) is 0. The van der Waals surface area contributed by atoms with Gasteiger partial charge >= 0.3 is 0 Å². The Kier molecular flexibility index (Phi) is 2.29. The van der Waals surface area contributed by atoms with Crippen LogP contribution in [0, 0.1) is 0 Å². The molecule has 1 saturated heterocycles. The predicted octanol–water partition coefficient (Wildman–Crippen LogP) is 1.24. The molecule has 0 bridgehead atoms. The van der Waals surface area contributed by atoms with Gasteiger partial charge in [-0.1, -0.05) is 12.2 Å². The Labute approximate surface area is 64.6 Å². The van der Waals surface area contributed by atoms with Crippen molar-refractivity contribution in [2.75, 3.05) is 13.1 Å². The number of hydrogen-bond donors (Lipinski definition) is 1. The summed E-state index contributed by atoms with van der Waals surface area (Å²) in [5, 5.41) is 0. The first-order chi connectivity index (χ1) is 4.20. The fraction of sp³-hybridized carbons (Fsp3) is 0.800. The minimum absolute atomic E-state index is 0.433. The normalized spacial score (nSPS) is 26.9. The maximum absolute atomic E-state index is 12.4. The zero-order valence-electron chi connectivity index (χ0n) is 4.88. The lowest BCUT2D eigenvalue weighted by atomic mass is 10.4. The van der Waals surface area contributed by atoms with E-state index < -0.39 is 6.17 Å². The molecule has 1 rings (SSSR count). The number of likely N-dealkylation sites (tertiary alicyclic amines) is 1. The third-order valence-electron chi connectivity index (χ3n) is 1.40. The molecule has 0 saturated carbocycles. The first-order valence-corrected chi connectivity index (χ1v) is 3.67. The molecule has 52 valence electrons. The minimum atomic E-state index is -0.699. The first kappa shape index (κ1) is 7.28. The Morgan fingerprint density at radius 3 is 2.67 bits per heavy atom. The van der Waals surface area contributed by atoms with E-state index in [-0.39, 0.29) is 0 Å². The van der Waals surface area contributed by atoms with Crippen LogP contribution in [0.15, 0.2) is 0 Å². The van der Waals surface area contributed by atoms with Crippen LogP contribution in [0.5, 0.6) is 0 Å². The van der Waals surface area contributed by atoms with Crippen LogP contribution in [-0.4, -0.2) is 28.5 Å². The quantitative estimate of drug-likeness (QED) is 0.425. The van der Waals surface area contributed by atoms with E-state index in [1.165, 1.54) is 0 Å². The molecule has 4 heteroatoms. The third kappa shape index (κ3) is 1.79. The average Bonchev–Trinajstić information content (AvgIpc) is 2.14. The molecule has 1 nitrogen and oxygen atoms in total. The van der Waals surface area contributed by atoms with Crippen LogP contribution in [0.4, 0.5) is 4.39 Å². The fourth-order valence-electron chi connectivity index (χ4n) is 0.891. The highest BCUT2D eigenvalue weighted by Gasteiger charge is 2.21. The molecule has 1 heterocycles. The van der Waals surface area contributed by atoms with E-state index in [1.807, 2.05) is 0 Å². The molecular formula is C5H8FNS2. The average molecular weight is 165 g/mol. The predicted molar refractivity (Wildman–Crippen MR) is 42.7 cm³/mol. The van der Waals surface area contributed by atoms with E-state index in [0.29, 0.717) is 17.3 Å². The molecule has 0 radical (unpaired) electrons. The molecule has 0 N–H and O–H groups in total. The van der Waals surface area contributed by atoms with Crippen LogP contribution in [0.2, 0.25) is 0 Å². The highest BCUT2D eigenvalue weighted by molar-refractivity contribution is 8.10. The third-order valence-corrected chi connectivity index (χ3v) is 1.94. The standard InChI is InChI=1S/C5H8FNS2/c6-4-1-2-7(3-4)5(8)9/h4H,1-3H2,(H,8,9)/t4-/m0/s1. The summed E-state index contributed by atoms with van der Waals surface area (Å²) in [5.74, 6) is 0. The molecule has 0 aromatic carbocycles. The van der Waals surface area contributed by atoms with Crippen LogP contribution in [-0.2, 0) is 0 Å². The van der Waals surface area contributed by atoms with E-state index in [2.05, 4.69) is 12.6 Å². The number of hydrogen-bond acceptors (Lipinski definition) is 1. The lowest BCUT2D eigenvalue weighted by Gasteiger charge is -2.12. The summed E-state index contributed by atoms with van der Waals surface area (Å²) in [7, 11) is 0. The number of thiol groups is 1. The molecule has 0 spiro atoms. The van der Waals surface area contributed by atoms with Gasteiger partial charge in [0.25, 0.3) is 0 Å². The van der Waals surface area contributed by atoms with Gasteiger partial charge in [-0.25, -0.2) is 4.39 Å². The SMILES string of the molecule is F[C@H]1CCN(C(=S)S)C1. The second-order valence-electron chi connectivity index (χ2n) is 2.11. The van der Waals surface area contributed by atoms with E-state index >= 15 is 0 Å².